The van der Waals surface area contributed by atoms with E-state index in [1.54, 1.807) is 11.8 Å². The summed E-state index contributed by atoms with van der Waals surface area (Å²) in [6.45, 7) is 3.92. The number of Topliss-reactive ketones (excluding diaryl/α,β-unsaturated/α-hetero) is 1. The molecule has 0 aromatic rings. The minimum absolute atomic E-state index is 0.0746. The van der Waals surface area contributed by atoms with Crippen molar-refractivity contribution in [2.75, 3.05) is 33.2 Å². The van der Waals surface area contributed by atoms with E-state index < -0.39 is 0 Å². The second-order valence-electron chi connectivity index (χ2n) is 4.79. The van der Waals surface area contributed by atoms with Crippen LogP contribution in [0.5, 0.6) is 0 Å². The molecule has 0 bridgehead atoms. The number of likely N-dealkylation sites (tertiary alicyclic amines) is 1. The van der Waals surface area contributed by atoms with E-state index in [9.17, 15) is 9.59 Å². The highest BCUT2D eigenvalue weighted by atomic mass is 16.3. The van der Waals surface area contributed by atoms with Crippen LogP contribution in [0.15, 0.2) is 0 Å². The van der Waals surface area contributed by atoms with E-state index in [0.717, 1.165) is 0 Å². The van der Waals surface area contributed by atoms with E-state index in [-0.39, 0.29) is 17.8 Å². The van der Waals surface area contributed by atoms with Gasteiger partial charge >= 0.3 is 0 Å². The zero-order chi connectivity index (χ0) is 12.8. The third kappa shape index (κ3) is 5.28. The molecule has 1 rings (SSSR count). The summed E-state index contributed by atoms with van der Waals surface area (Å²) in [6.07, 6.45) is 1.31. The first kappa shape index (κ1) is 14.1. The van der Waals surface area contributed by atoms with E-state index in [0.29, 0.717) is 45.4 Å². The average Bonchev–Trinajstić information content (AvgIpc) is 2.27. The lowest BCUT2D eigenvalue weighted by Crippen LogP contribution is -2.43. The van der Waals surface area contributed by atoms with E-state index in [2.05, 4.69) is 0 Å². The van der Waals surface area contributed by atoms with Gasteiger partial charge in [0.15, 0.2) is 0 Å². The fourth-order valence-electron chi connectivity index (χ4n) is 1.82. The number of aliphatic hydroxyl groups is 1. The highest BCUT2D eigenvalue weighted by Gasteiger charge is 2.21. The molecule has 1 atom stereocenters. The van der Waals surface area contributed by atoms with Gasteiger partial charge in [-0.05, 0) is 20.4 Å². The van der Waals surface area contributed by atoms with E-state index in [1.165, 1.54) is 0 Å². The fraction of sp³-hybridized carbons (Fsp3) is 0.833. The van der Waals surface area contributed by atoms with Crippen molar-refractivity contribution in [2.45, 2.75) is 32.3 Å². The Balaban J connectivity index is 2.26. The van der Waals surface area contributed by atoms with Gasteiger partial charge in [0.25, 0.3) is 0 Å². The van der Waals surface area contributed by atoms with Crippen LogP contribution in [0.1, 0.15) is 26.2 Å². The van der Waals surface area contributed by atoms with Crippen molar-refractivity contribution in [1.29, 1.82) is 0 Å². The van der Waals surface area contributed by atoms with Crippen LogP contribution in [0.4, 0.5) is 0 Å². The maximum atomic E-state index is 11.9. The zero-order valence-electron chi connectivity index (χ0n) is 10.7. The number of amides is 1. The molecule has 0 saturated carbocycles. The third-order valence-electron chi connectivity index (χ3n) is 3.01. The molecule has 0 aliphatic carbocycles. The van der Waals surface area contributed by atoms with E-state index in [1.807, 2.05) is 11.9 Å². The Morgan fingerprint density at radius 3 is 2.59 bits per heavy atom. The van der Waals surface area contributed by atoms with Gasteiger partial charge < -0.3 is 10.0 Å². The highest BCUT2D eigenvalue weighted by Crippen LogP contribution is 2.06. The van der Waals surface area contributed by atoms with E-state index >= 15 is 0 Å². The molecule has 1 fully saturated rings. The lowest BCUT2D eigenvalue weighted by atomic mass is 10.1. The second kappa shape index (κ2) is 6.71. The van der Waals surface area contributed by atoms with Crippen LogP contribution in [0.3, 0.4) is 0 Å². The first-order chi connectivity index (χ1) is 7.99. The van der Waals surface area contributed by atoms with Gasteiger partial charge in [-0.25, -0.2) is 0 Å². The molecule has 0 aromatic heterocycles. The third-order valence-corrected chi connectivity index (χ3v) is 3.01. The van der Waals surface area contributed by atoms with Crippen molar-refractivity contribution in [1.82, 2.24) is 9.80 Å². The summed E-state index contributed by atoms with van der Waals surface area (Å²) in [5.74, 6) is 0.321. The number of carbonyl (C=O) groups excluding carboxylic acids is 2. The number of hydrogen-bond acceptors (Lipinski definition) is 4. The number of likely N-dealkylation sites (N-methyl/N-ethyl adjacent to an activating group) is 1. The van der Waals surface area contributed by atoms with Gasteiger partial charge in [-0.2, -0.15) is 0 Å². The lowest BCUT2D eigenvalue weighted by molar-refractivity contribution is -0.135. The van der Waals surface area contributed by atoms with Gasteiger partial charge in [0.2, 0.25) is 5.91 Å². The van der Waals surface area contributed by atoms with Crippen LogP contribution in [-0.4, -0.2) is 65.9 Å². The number of ketones is 1. The fourth-order valence-corrected chi connectivity index (χ4v) is 1.82. The second-order valence-corrected chi connectivity index (χ2v) is 4.79. The van der Waals surface area contributed by atoms with Gasteiger partial charge in [-0.15, -0.1) is 0 Å². The number of aliphatic hydroxyl groups excluding tert-OH is 1. The summed E-state index contributed by atoms with van der Waals surface area (Å²) >= 11 is 0. The molecule has 1 N–H and O–H groups in total. The number of piperidine rings is 1. The summed E-state index contributed by atoms with van der Waals surface area (Å²) in [4.78, 5) is 26.6. The topological polar surface area (TPSA) is 60.9 Å². The quantitative estimate of drug-likeness (QED) is 0.730. The Hall–Kier alpha value is -0.940. The summed E-state index contributed by atoms with van der Waals surface area (Å²) < 4.78 is 0. The molecule has 1 aliphatic heterocycles. The Morgan fingerprint density at radius 2 is 2.06 bits per heavy atom. The van der Waals surface area contributed by atoms with Crippen molar-refractivity contribution < 1.29 is 14.7 Å². The summed E-state index contributed by atoms with van der Waals surface area (Å²) in [5, 5.41) is 9.15. The summed E-state index contributed by atoms with van der Waals surface area (Å²) in [7, 11) is 1.87. The zero-order valence-corrected chi connectivity index (χ0v) is 10.7. The lowest BCUT2D eigenvalue weighted by Gasteiger charge is -2.28. The minimum atomic E-state index is -0.333. The molecule has 1 heterocycles. The minimum Gasteiger partial charge on any atom is -0.393 e. The van der Waals surface area contributed by atoms with Crippen molar-refractivity contribution in [3.63, 3.8) is 0 Å². The predicted octanol–water partition coefficient (Wildman–Crippen LogP) is -0.119. The molecule has 5 nitrogen and oxygen atoms in total. The van der Waals surface area contributed by atoms with Crippen LogP contribution < -0.4 is 0 Å². The van der Waals surface area contributed by atoms with Crippen molar-refractivity contribution >= 4 is 11.7 Å². The molecular weight excluding hydrogens is 220 g/mol. The molecule has 1 unspecified atom stereocenters. The first-order valence-corrected chi connectivity index (χ1v) is 6.15. The van der Waals surface area contributed by atoms with Gasteiger partial charge in [0.05, 0.1) is 12.6 Å². The maximum Gasteiger partial charge on any atom is 0.236 e. The Labute approximate surface area is 102 Å². The average molecular weight is 242 g/mol. The molecular formula is C12H22N2O3. The molecule has 0 aromatic carbocycles. The molecule has 0 spiro atoms. The van der Waals surface area contributed by atoms with Crippen molar-refractivity contribution in [3.05, 3.63) is 0 Å². The Bertz CT molecular complexity index is 269. The van der Waals surface area contributed by atoms with E-state index in [4.69, 9.17) is 5.11 Å². The van der Waals surface area contributed by atoms with Gasteiger partial charge in [-0.1, -0.05) is 0 Å². The maximum absolute atomic E-state index is 11.9. The normalized spacial score (nSPS) is 18.6. The van der Waals surface area contributed by atoms with Crippen LogP contribution in [0.25, 0.3) is 0 Å². The molecule has 1 aliphatic rings. The number of nitrogens with zero attached hydrogens (tertiary/aromatic N) is 2. The standard InChI is InChI=1S/C12H22N2O3/c1-10(15)3-6-13(2)9-12(17)14-7-4-11(16)5-8-14/h10,15H,3-9H2,1-2H3. The first-order valence-electron chi connectivity index (χ1n) is 6.15. The summed E-state index contributed by atoms with van der Waals surface area (Å²) in [6, 6.07) is 0. The largest absolute Gasteiger partial charge is 0.393 e. The SMILES string of the molecule is CC(O)CCN(C)CC(=O)N1CCC(=O)CC1. The van der Waals surface area contributed by atoms with Crippen LogP contribution in [0, 0.1) is 0 Å². The van der Waals surface area contributed by atoms with Gasteiger partial charge in [0, 0.05) is 32.5 Å². The van der Waals surface area contributed by atoms with Gasteiger partial charge in [-0.3, -0.25) is 14.5 Å². The highest BCUT2D eigenvalue weighted by molar-refractivity contribution is 5.84. The van der Waals surface area contributed by atoms with Crippen LogP contribution >= 0.6 is 0 Å². The molecule has 5 heteroatoms. The molecule has 0 radical (unpaired) electrons. The number of hydrogen-bond donors (Lipinski definition) is 1. The van der Waals surface area contributed by atoms with Crippen LogP contribution in [-0.2, 0) is 9.59 Å². The smallest absolute Gasteiger partial charge is 0.236 e. The Morgan fingerprint density at radius 1 is 1.47 bits per heavy atom. The van der Waals surface area contributed by atoms with Crippen molar-refractivity contribution in [2.24, 2.45) is 0 Å². The summed E-state index contributed by atoms with van der Waals surface area (Å²) in [5.41, 5.74) is 0. The van der Waals surface area contributed by atoms with Crippen molar-refractivity contribution in [3.8, 4) is 0 Å². The molecule has 17 heavy (non-hydrogen) atoms. The molecule has 1 amide bonds. The predicted molar refractivity (Wildman–Crippen MR) is 64.6 cm³/mol. The number of carbonyl (C=O) groups is 2. The number of rotatable bonds is 5. The molecule has 1 saturated heterocycles. The monoisotopic (exact) mass is 242 g/mol. The van der Waals surface area contributed by atoms with Gasteiger partial charge in [0.1, 0.15) is 5.78 Å². The van der Waals surface area contributed by atoms with Crippen LogP contribution in [0.2, 0.25) is 0 Å². The molecule has 98 valence electrons. The Kier molecular flexibility index (Phi) is 5.58.